The van der Waals surface area contributed by atoms with E-state index in [9.17, 15) is 19.4 Å². The summed E-state index contributed by atoms with van der Waals surface area (Å²) in [5.74, 6) is -1.29. The molecular formula is C28H28FNO4. The molecule has 34 heavy (non-hydrogen) atoms. The van der Waals surface area contributed by atoms with Crippen LogP contribution in [0.15, 0.2) is 66.9 Å². The van der Waals surface area contributed by atoms with Crippen molar-refractivity contribution in [2.75, 3.05) is 0 Å². The third kappa shape index (κ3) is 4.74. The lowest BCUT2D eigenvalue weighted by Gasteiger charge is -2.12. The Kier molecular flexibility index (Phi) is 6.82. The fraction of sp³-hybridized carbons (Fsp3) is 0.250. The number of pyridine rings is 1. The monoisotopic (exact) mass is 461 g/mol. The second kappa shape index (κ2) is 9.79. The zero-order valence-electron chi connectivity index (χ0n) is 19.1. The SMILES string of the molecule is CC(C)c1c(C=CC(O)CC(O)CC(=O)O)c(-c2ccc(F)cc2)n2ccc3ccccc3c12. The molecule has 2 aromatic carbocycles. The van der Waals surface area contributed by atoms with Gasteiger partial charge in [-0.2, -0.15) is 0 Å². The number of carbonyl (C=O) groups is 1. The summed E-state index contributed by atoms with van der Waals surface area (Å²) < 4.78 is 15.8. The first-order valence-corrected chi connectivity index (χ1v) is 11.3. The van der Waals surface area contributed by atoms with E-state index in [0.717, 1.165) is 38.7 Å². The Hall–Kier alpha value is -3.48. The van der Waals surface area contributed by atoms with Crippen molar-refractivity contribution in [3.05, 3.63) is 83.8 Å². The maximum atomic E-state index is 13.7. The number of rotatable bonds is 8. The third-order valence-electron chi connectivity index (χ3n) is 6.01. The molecule has 0 aliphatic heterocycles. The molecule has 0 aliphatic carbocycles. The van der Waals surface area contributed by atoms with E-state index in [1.807, 2.05) is 30.5 Å². The topological polar surface area (TPSA) is 82.2 Å². The third-order valence-corrected chi connectivity index (χ3v) is 6.01. The molecule has 2 atom stereocenters. The predicted octanol–water partition coefficient (Wildman–Crippen LogP) is 5.62. The lowest BCUT2D eigenvalue weighted by atomic mass is 9.94. The molecule has 0 spiro atoms. The highest BCUT2D eigenvalue weighted by atomic mass is 19.1. The Morgan fingerprint density at radius 3 is 2.44 bits per heavy atom. The smallest absolute Gasteiger partial charge is 0.305 e. The molecule has 2 heterocycles. The first-order chi connectivity index (χ1) is 16.3. The number of hydrogen-bond acceptors (Lipinski definition) is 3. The first-order valence-electron chi connectivity index (χ1n) is 11.3. The van der Waals surface area contributed by atoms with E-state index in [4.69, 9.17) is 5.11 Å². The van der Waals surface area contributed by atoms with Crippen molar-refractivity contribution in [3.8, 4) is 11.3 Å². The zero-order chi connectivity index (χ0) is 24.4. The molecule has 0 aliphatic rings. The summed E-state index contributed by atoms with van der Waals surface area (Å²) in [7, 11) is 0. The van der Waals surface area contributed by atoms with Gasteiger partial charge in [0.1, 0.15) is 5.82 Å². The van der Waals surface area contributed by atoms with Crippen LogP contribution in [0.4, 0.5) is 4.39 Å². The second-order valence-corrected chi connectivity index (χ2v) is 8.87. The molecule has 5 nitrogen and oxygen atoms in total. The summed E-state index contributed by atoms with van der Waals surface area (Å²) >= 11 is 0. The van der Waals surface area contributed by atoms with Gasteiger partial charge in [-0.1, -0.05) is 50.3 Å². The summed E-state index contributed by atoms with van der Waals surface area (Å²) in [5.41, 5.74) is 4.74. The van der Waals surface area contributed by atoms with Crippen LogP contribution in [-0.2, 0) is 4.79 Å². The maximum absolute atomic E-state index is 13.7. The molecule has 0 saturated carbocycles. The van der Waals surface area contributed by atoms with Gasteiger partial charge in [-0.25, -0.2) is 4.39 Å². The van der Waals surface area contributed by atoms with Crippen molar-refractivity contribution in [2.24, 2.45) is 0 Å². The Bertz CT molecular complexity index is 1350. The number of benzene rings is 2. The minimum atomic E-state index is -1.14. The molecule has 4 rings (SSSR count). The Morgan fingerprint density at radius 1 is 1.06 bits per heavy atom. The normalized spacial score (nSPS) is 13.8. The van der Waals surface area contributed by atoms with Crippen LogP contribution in [0.5, 0.6) is 0 Å². The zero-order valence-corrected chi connectivity index (χ0v) is 19.1. The van der Waals surface area contributed by atoms with Crippen LogP contribution >= 0.6 is 0 Å². The van der Waals surface area contributed by atoms with Crippen LogP contribution in [-0.4, -0.2) is 37.9 Å². The molecule has 4 aromatic rings. The number of carboxylic acids is 1. The van der Waals surface area contributed by atoms with E-state index in [1.165, 1.54) is 12.1 Å². The van der Waals surface area contributed by atoms with Gasteiger partial charge < -0.3 is 19.7 Å². The molecule has 3 N–H and O–H groups in total. The Balaban J connectivity index is 1.92. The fourth-order valence-corrected chi connectivity index (χ4v) is 4.57. The number of nitrogens with zero attached hydrogens (tertiary/aromatic N) is 1. The van der Waals surface area contributed by atoms with Crippen LogP contribution in [0, 0.1) is 5.82 Å². The van der Waals surface area contributed by atoms with Gasteiger partial charge in [0.05, 0.1) is 29.8 Å². The number of fused-ring (bicyclic) bond motifs is 3. The van der Waals surface area contributed by atoms with E-state index in [1.54, 1.807) is 18.2 Å². The number of aliphatic hydroxyl groups is 2. The number of aliphatic hydroxyl groups excluding tert-OH is 2. The molecular weight excluding hydrogens is 433 g/mol. The van der Waals surface area contributed by atoms with Gasteiger partial charge in [-0.05, 0) is 52.8 Å². The molecule has 0 amide bonds. The standard InChI is InChI=1S/C28H28FNO4/c1-17(2)26-24(12-11-21(31)15-22(32)16-25(33)34)27(19-7-9-20(29)10-8-19)30-14-13-18-5-3-4-6-23(18)28(26)30/h3-14,17,21-22,31-32H,15-16H2,1-2H3,(H,33,34). The van der Waals surface area contributed by atoms with E-state index in [-0.39, 0.29) is 18.2 Å². The van der Waals surface area contributed by atoms with Crippen molar-refractivity contribution in [2.45, 2.75) is 44.8 Å². The number of halogens is 1. The second-order valence-electron chi connectivity index (χ2n) is 8.87. The Labute approximate surface area is 197 Å². The summed E-state index contributed by atoms with van der Waals surface area (Å²) in [6.07, 6.45) is 2.75. The molecule has 0 radical (unpaired) electrons. The molecule has 6 heteroatoms. The number of carboxylic acid groups (broad SMARTS) is 1. The van der Waals surface area contributed by atoms with Crippen LogP contribution in [0.3, 0.4) is 0 Å². The number of aromatic nitrogens is 1. The van der Waals surface area contributed by atoms with Crippen molar-refractivity contribution in [1.29, 1.82) is 0 Å². The van der Waals surface area contributed by atoms with Crippen LogP contribution in [0.25, 0.3) is 33.6 Å². The molecule has 2 aromatic heterocycles. The largest absolute Gasteiger partial charge is 0.481 e. The van der Waals surface area contributed by atoms with Gasteiger partial charge in [0.25, 0.3) is 0 Å². The summed E-state index contributed by atoms with van der Waals surface area (Å²) in [6, 6.07) is 16.5. The van der Waals surface area contributed by atoms with Crippen LogP contribution in [0.1, 0.15) is 43.7 Å². The predicted molar refractivity (Wildman–Crippen MR) is 132 cm³/mol. The van der Waals surface area contributed by atoms with E-state index >= 15 is 0 Å². The highest BCUT2D eigenvalue weighted by Gasteiger charge is 2.22. The van der Waals surface area contributed by atoms with E-state index in [2.05, 4.69) is 30.4 Å². The summed E-state index contributed by atoms with van der Waals surface area (Å²) in [6.45, 7) is 4.21. The molecule has 2 unspecified atom stereocenters. The highest BCUT2D eigenvalue weighted by molar-refractivity contribution is 6.01. The number of hydrogen-bond donors (Lipinski definition) is 3. The first kappa shape index (κ1) is 23.7. The maximum Gasteiger partial charge on any atom is 0.305 e. The molecule has 0 fully saturated rings. The molecule has 176 valence electrons. The van der Waals surface area contributed by atoms with Gasteiger partial charge in [0, 0.05) is 23.6 Å². The van der Waals surface area contributed by atoms with E-state index < -0.39 is 24.6 Å². The van der Waals surface area contributed by atoms with Gasteiger partial charge in [-0.15, -0.1) is 0 Å². The quantitative estimate of drug-likeness (QED) is 0.318. The van der Waals surface area contributed by atoms with Crippen LogP contribution in [0.2, 0.25) is 0 Å². The van der Waals surface area contributed by atoms with Crippen molar-refractivity contribution in [3.63, 3.8) is 0 Å². The van der Waals surface area contributed by atoms with Crippen molar-refractivity contribution < 1.29 is 24.5 Å². The average molecular weight is 462 g/mol. The lowest BCUT2D eigenvalue weighted by molar-refractivity contribution is -0.139. The van der Waals surface area contributed by atoms with Gasteiger partial charge in [-0.3, -0.25) is 4.79 Å². The van der Waals surface area contributed by atoms with E-state index in [0.29, 0.717) is 0 Å². The Morgan fingerprint density at radius 2 is 1.76 bits per heavy atom. The van der Waals surface area contributed by atoms with Gasteiger partial charge >= 0.3 is 5.97 Å². The van der Waals surface area contributed by atoms with Gasteiger partial charge in [0.15, 0.2) is 0 Å². The summed E-state index contributed by atoms with van der Waals surface area (Å²) in [5, 5.41) is 31.4. The van der Waals surface area contributed by atoms with Gasteiger partial charge in [0.2, 0.25) is 0 Å². The highest BCUT2D eigenvalue weighted by Crippen LogP contribution is 2.40. The minimum Gasteiger partial charge on any atom is -0.481 e. The van der Waals surface area contributed by atoms with Crippen LogP contribution < -0.4 is 0 Å². The number of aliphatic carboxylic acids is 1. The lowest BCUT2D eigenvalue weighted by Crippen LogP contribution is -2.19. The summed E-state index contributed by atoms with van der Waals surface area (Å²) in [4.78, 5) is 10.8. The fourth-order valence-electron chi connectivity index (χ4n) is 4.57. The molecule has 0 saturated heterocycles. The molecule has 0 bridgehead atoms. The van der Waals surface area contributed by atoms with Crippen molar-refractivity contribution >= 4 is 28.3 Å². The van der Waals surface area contributed by atoms with Crippen molar-refractivity contribution in [1.82, 2.24) is 4.40 Å². The average Bonchev–Trinajstić information content (AvgIpc) is 3.12. The minimum absolute atomic E-state index is 0.0814.